The average molecular weight is 452 g/mol. The van der Waals surface area contributed by atoms with Gasteiger partial charge in [-0.2, -0.15) is 4.99 Å². The summed E-state index contributed by atoms with van der Waals surface area (Å²) in [6.07, 6.45) is 8.13. The van der Waals surface area contributed by atoms with Gasteiger partial charge in [0.15, 0.2) is 0 Å². The van der Waals surface area contributed by atoms with Gasteiger partial charge in [0, 0.05) is 48.7 Å². The zero-order valence-corrected chi connectivity index (χ0v) is 20.8. The molecule has 0 amide bonds. The number of hydrogen-bond donors (Lipinski definition) is 0. The smallest absolute Gasteiger partial charge is 0.377 e. The summed E-state index contributed by atoms with van der Waals surface area (Å²) < 4.78 is 37.3. The number of carbonyl (C=O) groups excluding carboxylic acids is 1. The van der Waals surface area contributed by atoms with Gasteiger partial charge in [0.25, 0.3) is 0 Å². The third kappa shape index (κ3) is 7.32. The molecule has 1 aliphatic heterocycles. The number of nitrogens with zero attached hydrogens (tertiary/aromatic N) is 1. The second-order valence-corrected chi connectivity index (χ2v) is 13.3. The first-order chi connectivity index (χ1) is 13.9. The van der Waals surface area contributed by atoms with Crippen LogP contribution in [0.1, 0.15) is 39.0 Å². The maximum Gasteiger partial charge on any atom is 0.527 e. The quantitative estimate of drug-likeness (QED) is 0.193. The fourth-order valence-electron chi connectivity index (χ4n) is 3.83. The van der Waals surface area contributed by atoms with Crippen LogP contribution in [0, 0.1) is 5.92 Å². The van der Waals surface area contributed by atoms with Crippen LogP contribution in [0.25, 0.3) is 0 Å². The highest BCUT2D eigenvalue weighted by Gasteiger charge is 2.47. The van der Waals surface area contributed by atoms with E-state index in [4.69, 9.17) is 31.3 Å². The van der Waals surface area contributed by atoms with Crippen molar-refractivity contribution in [2.24, 2.45) is 10.9 Å². The molecule has 2 fully saturated rings. The Morgan fingerprint density at radius 2 is 1.55 bits per heavy atom. The Morgan fingerprint density at radius 3 is 1.97 bits per heavy atom. The number of rotatable bonds is 12. The van der Waals surface area contributed by atoms with Crippen LogP contribution in [0.5, 0.6) is 0 Å². The van der Waals surface area contributed by atoms with Crippen molar-refractivity contribution in [2.75, 3.05) is 42.7 Å². The van der Waals surface area contributed by atoms with Crippen LogP contribution in [-0.4, -0.2) is 84.2 Å². The zero-order chi connectivity index (χ0) is 21.9. The minimum atomic E-state index is -2.80. The van der Waals surface area contributed by atoms with E-state index in [2.05, 4.69) is 4.99 Å². The van der Waals surface area contributed by atoms with E-state index in [0.717, 1.165) is 18.4 Å². The largest absolute Gasteiger partial charge is 0.527 e. The fraction of sp³-hybridized carbons (Fsp3) is 0.944. The predicted octanol–water partition coefficient (Wildman–Crippen LogP) is 2.34. The molecule has 1 aliphatic carbocycles. The van der Waals surface area contributed by atoms with Gasteiger partial charge in [-0.05, 0) is 38.0 Å². The molecule has 0 aromatic rings. The van der Waals surface area contributed by atoms with Crippen LogP contribution in [0.3, 0.4) is 0 Å². The summed E-state index contributed by atoms with van der Waals surface area (Å²) in [7, 11) is 4.36. The molecular weight excluding hydrogens is 414 g/mol. The predicted molar refractivity (Wildman–Crippen MR) is 111 cm³/mol. The first kappa shape index (κ1) is 26.6. The highest BCUT2D eigenvalue weighted by molar-refractivity contribution is 6.62. The van der Waals surface area contributed by atoms with Crippen LogP contribution >= 0.6 is 0 Å². The lowest BCUT2D eigenvalue weighted by Crippen LogP contribution is -2.53. The number of hydrogen-bond acceptors (Lipinski definition) is 9. The second kappa shape index (κ2) is 13.1. The minimum Gasteiger partial charge on any atom is -0.377 e. The molecule has 4 atom stereocenters. The maximum atomic E-state index is 10.1. The summed E-state index contributed by atoms with van der Waals surface area (Å²) in [5.74, 6) is 0.760. The van der Waals surface area contributed by atoms with Crippen LogP contribution in [0.15, 0.2) is 4.99 Å². The van der Waals surface area contributed by atoms with Crippen LogP contribution in [0.4, 0.5) is 0 Å². The van der Waals surface area contributed by atoms with Gasteiger partial charge >= 0.3 is 17.6 Å². The molecule has 0 bridgehead atoms. The number of epoxide rings is 1. The van der Waals surface area contributed by atoms with Gasteiger partial charge in [0.2, 0.25) is 6.08 Å². The van der Waals surface area contributed by atoms with Gasteiger partial charge in [-0.1, -0.05) is 6.92 Å². The van der Waals surface area contributed by atoms with Crippen molar-refractivity contribution < 1.29 is 36.1 Å². The highest BCUT2D eigenvalue weighted by Crippen LogP contribution is 2.41. The van der Waals surface area contributed by atoms with Gasteiger partial charge in [-0.25, -0.2) is 4.79 Å². The van der Waals surface area contributed by atoms with Gasteiger partial charge in [0.05, 0.1) is 12.2 Å². The first-order valence-corrected chi connectivity index (χ1v) is 13.7. The van der Waals surface area contributed by atoms with Crippen molar-refractivity contribution in [2.45, 2.75) is 62.9 Å². The van der Waals surface area contributed by atoms with Gasteiger partial charge in [-0.15, -0.1) is 0 Å². The van der Waals surface area contributed by atoms with E-state index in [9.17, 15) is 4.79 Å². The van der Waals surface area contributed by atoms with Crippen molar-refractivity contribution in [1.82, 2.24) is 0 Å². The Hall–Kier alpha value is -0.466. The molecule has 2 rings (SSSR count). The molecule has 1 saturated heterocycles. The first-order valence-electron chi connectivity index (χ1n) is 9.96. The van der Waals surface area contributed by atoms with E-state index in [0.29, 0.717) is 18.6 Å². The summed E-state index contributed by atoms with van der Waals surface area (Å²) >= 11 is 0. The molecule has 9 nitrogen and oxygen atoms in total. The molecule has 0 radical (unpaired) electrons. The van der Waals surface area contributed by atoms with Crippen LogP contribution < -0.4 is 0 Å². The summed E-state index contributed by atoms with van der Waals surface area (Å²) in [6, 6.07) is 0.915. The summed E-state index contributed by atoms with van der Waals surface area (Å²) in [4.78, 5) is 13.7. The molecule has 0 N–H and O–H groups in total. The number of ether oxygens (including phenoxy) is 1. The normalized spacial score (nSPS) is 24.6. The van der Waals surface area contributed by atoms with E-state index in [-0.39, 0.29) is 5.67 Å². The SMILES string of the molecule is CCC(N=C=O)[Si](OC)(OC)OC.CO[Si](CCC1CCC2OC2C1)(OC)OC. The molecule has 1 saturated carbocycles. The summed E-state index contributed by atoms with van der Waals surface area (Å²) in [6.45, 7) is 1.88. The molecule has 2 aliphatic rings. The van der Waals surface area contributed by atoms with Crippen molar-refractivity contribution >= 4 is 23.7 Å². The third-order valence-electron chi connectivity index (χ3n) is 5.76. The molecule has 0 aromatic carbocycles. The molecule has 4 unspecified atom stereocenters. The van der Waals surface area contributed by atoms with E-state index >= 15 is 0 Å². The minimum absolute atomic E-state index is 0.370. The molecule has 1 heterocycles. The zero-order valence-electron chi connectivity index (χ0n) is 18.8. The fourth-order valence-corrected chi connectivity index (χ4v) is 7.73. The number of fused-ring (bicyclic) bond motifs is 1. The van der Waals surface area contributed by atoms with Crippen molar-refractivity contribution in [1.29, 1.82) is 0 Å². The monoisotopic (exact) mass is 451 g/mol. The number of aliphatic imine (C=N–C) groups is 1. The van der Waals surface area contributed by atoms with Gasteiger partial charge in [-0.3, -0.25) is 0 Å². The van der Waals surface area contributed by atoms with Crippen molar-refractivity contribution in [3.8, 4) is 0 Å². The van der Waals surface area contributed by atoms with Crippen molar-refractivity contribution in [3.63, 3.8) is 0 Å². The summed E-state index contributed by atoms with van der Waals surface area (Å²) in [5, 5.41) is 0. The molecule has 0 spiro atoms. The number of isocyanates is 1. The molecule has 0 aromatic heterocycles. The summed E-state index contributed by atoms with van der Waals surface area (Å²) in [5.41, 5.74) is -0.370. The Balaban J connectivity index is 0.000000298. The van der Waals surface area contributed by atoms with Crippen LogP contribution in [-0.2, 0) is 36.1 Å². The second-order valence-electron chi connectivity index (χ2n) is 7.09. The molecule has 11 heteroatoms. The van der Waals surface area contributed by atoms with Crippen molar-refractivity contribution in [3.05, 3.63) is 0 Å². The van der Waals surface area contributed by atoms with E-state index in [1.54, 1.807) is 21.3 Å². The lowest BCUT2D eigenvalue weighted by molar-refractivity contribution is 0.112. The Labute approximate surface area is 176 Å². The highest BCUT2D eigenvalue weighted by atomic mass is 28.4. The lowest BCUT2D eigenvalue weighted by atomic mass is 9.88. The van der Waals surface area contributed by atoms with Gasteiger partial charge in [0.1, 0.15) is 5.67 Å². The van der Waals surface area contributed by atoms with Gasteiger partial charge < -0.3 is 31.3 Å². The van der Waals surface area contributed by atoms with Crippen LogP contribution in [0.2, 0.25) is 6.04 Å². The topological polar surface area (TPSA) is 97.3 Å². The molecule has 170 valence electrons. The molecular formula is C18H37NO8Si2. The Morgan fingerprint density at radius 1 is 0.966 bits per heavy atom. The molecule has 29 heavy (non-hydrogen) atoms. The Bertz CT molecular complexity index is 496. The van der Waals surface area contributed by atoms with E-state index in [1.165, 1.54) is 46.7 Å². The third-order valence-corrected chi connectivity index (χ3v) is 11.6. The lowest BCUT2D eigenvalue weighted by Gasteiger charge is -2.28. The standard InChI is InChI=1S/C11H22O4Si.C7H15NO4Si/c1-12-16(13-2,14-3)7-6-9-4-5-10-11(8-9)15-10;1-5-7(8-6-9)13(10-2,11-3)12-4/h9-11H,4-8H2,1-3H3;7H,5H2,1-4H3. The maximum absolute atomic E-state index is 10.1. The van der Waals surface area contributed by atoms with E-state index < -0.39 is 17.6 Å². The Kier molecular flexibility index (Phi) is 12.0. The van der Waals surface area contributed by atoms with E-state index in [1.807, 2.05) is 6.92 Å². The average Bonchev–Trinajstić information content (AvgIpc) is 3.55.